The molecule has 5 nitrogen and oxygen atoms in total. The van der Waals surface area contributed by atoms with Crippen molar-refractivity contribution in [1.82, 2.24) is 9.97 Å². The van der Waals surface area contributed by atoms with E-state index in [1.165, 1.54) is 0 Å². The number of aromatic nitrogens is 2. The van der Waals surface area contributed by atoms with Crippen molar-refractivity contribution in [3.63, 3.8) is 0 Å². The third-order valence-corrected chi connectivity index (χ3v) is 4.66. The highest BCUT2D eigenvalue weighted by atomic mass is 35.5. The average molecular weight is 351 g/mol. The molecule has 3 rings (SSSR count). The molecule has 1 atom stereocenters. The smallest absolute Gasteiger partial charge is 0.143 e. The summed E-state index contributed by atoms with van der Waals surface area (Å²) in [4.78, 5) is 10.8. The molecule has 1 saturated heterocycles. The quantitative estimate of drug-likeness (QED) is 0.612. The highest BCUT2D eigenvalue weighted by Crippen LogP contribution is 2.29. The number of benzene rings is 1. The van der Waals surface area contributed by atoms with Crippen molar-refractivity contribution >= 4 is 28.5 Å². The number of nitrogens with zero attached hydrogens (tertiary/aromatic N) is 3. The fourth-order valence-corrected chi connectivity index (χ4v) is 3.39. The van der Waals surface area contributed by atoms with Gasteiger partial charge in [-0.2, -0.15) is 0 Å². The molecule has 1 aromatic carbocycles. The predicted molar refractivity (Wildman–Crippen MR) is 90.4 cm³/mol. The minimum atomic E-state index is -2.23. The molecule has 2 heterocycles. The van der Waals surface area contributed by atoms with Gasteiger partial charge < -0.3 is 9.45 Å². The van der Waals surface area contributed by atoms with Gasteiger partial charge in [-0.05, 0) is 29.5 Å². The molecule has 1 aliphatic heterocycles. The first-order valence-corrected chi connectivity index (χ1v) is 9.15. The standard InChI is InChI=1S/C16H18ClN3O2S/c17-15-13(10-12-6-2-1-3-7-12)16(20-8-4-5-9-20)19-14(18-15)11-23(21)22/h1-3,6-7H,4-5,8-11H2,(H,21,22)/p-1. The molecule has 0 bridgehead atoms. The average Bonchev–Trinajstić information content (AvgIpc) is 3.04. The zero-order valence-corrected chi connectivity index (χ0v) is 14.1. The number of rotatable bonds is 5. The Morgan fingerprint density at radius 2 is 1.87 bits per heavy atom. The lowest BCUT2D eigenvalue weighted by molar-refractivity contribution is 0.535. The molecular weight excluding hydrogens is 334 g/mol. The molecule has 1 unspecified atom stereocenters. The van der Waals surface area contributed by atoms with Gasteiger partial charge in [-0.3, -0.25) is 4.21 Å². The van der Waals surface area contributed by atoms with Crippen molar-refractivity contribution < 1.29 is 8.76 Å². The van der Waals surface area contributed by atoms with Crippen LogP contribution in [0.25, 0.3) is 0 Å². The van der Waals surface area contributed by atoms with Gasteiger partial charge in [-0.1, -0.05) is 41.9 Å². The van der Waals surface area contributed by atoms with Crippen LogP contribution in [0, 0.1) is 0 Å². The Labute approximate surface area is 143 Å². The summed E-state index contributed by atoms with van der Waals surface area (Å²) in [6.07, 6.45) is 2.84. The lowest BCUT2D eigenvalue weighted by Crippen LogP contribution is -2.22. The van der Waals surface area contributed by atoms with Gasteiger partial charge in [0.1, 0.15) is 16.8 Å². The SMILES string of the molecule is O=S([O-])Cc1nc(Cl)c(Cc2ccccc2)c(N2CCCC2)n1. The molecule has 0 amide bonds. The summed E-state index contributed by atoms with van der Waals surface area (Å²) in [6.45, 7) is 1.82. The molecule has 23 heavy (non-hydrogen) atoms. The third kappa shape index (κ3) is 4.07. The van der Waals surface area contributed by atoms with Crippen LogP contribution in [0.1, 0.15) is 29.8 Å². The van der Waals surface area contributed by atoms with E-state index in [0.717, 1.165) is 42.9 Å². The largest absolute Gasteiger partial charge is 0.772 e. The molecule has 0 aliphatic carbocycles. The fraction of sp³-hybridized carbons (Fsp3) is 0.375. The van der Waals surface area contributed by atoms with Gasteiger partial charge in [-0.25, -0.2) is 9.97 Å². The normalized spacial score (nSPS) is 15.8. The number of hydrogen-bond acceptors (Lipinski definition) is 5. The van der Waals surface area contributed by atoms with Crippen molar-refractivity contribution in [2.24, 2.45) is 0 Å². The van der Waals surface area contributed by atoms with Gasteiger partial charge in [0, 0.05) is 25.1 Å². The second kappa shape index (κ2) is 7.38. The van der Waals surface area contributed by atoms with Crippen LogP contribution < -0.4 is 4.90 Å². The van der Waals surface area contributed by atoms with Crippen molar-refractivity contribution in [3.05, 3.63) is 52.4 Å². The molecule has 2 aromatic rings. The Morgan fingerprint density at radius 1 is 1.17 bits per heavy atom. The zero-order chi connectivity index (χ0) is 16.2. The highest BCUT2D eigenvalue weighted by molar-refractivity contribution is 7.78. The summed E-state index contributed by atoms with van der Waals surface area (Å²) in [5.41, 5.74) is 1.98. The van der Waals surface area contributed by atoms with Gasteiger partial charge >= 0.3 is 0 Å². The number of halogens is 1. The first-order valence-electron chi connectivity index (χ1n) is 7.53. The van der Waals surface area contributed by atoms with Crippen LogP contribution >= 0.6 is 11.6 Å². The van der Waals surface area contributed by atoms with Crippen LogP contribution in [0.3, 0.4) is 0 Å². The van der Waals surface area contributed by atoms with E-state index in [0.29, 0.717) is 11.6 Å². The van der Waals surface area contributed by atoms with Gasteiger partial charge in [-0.15, -0.1) is 0 Å². The van der Waals surface area contributed by atoms with E-state index in [1.807, 2.05) is 30.3 Å². The van der Waals surface area contributed by atoms with E-state index in [-0.39, 0.29) is 11.6 Å². The first-order chi connectivity index (χ1) is 11.1. The number of hydrogen-bond donors (Lipinski definition) is 0. The summed E-state index contributed by atoms with van der Waals surface area (Å²) >= 11 is 4.14. The molecule has 0 saturated carbocycles. The van der Waals surface area contributed by atoms with Crippen molar-refractivity contribution in [2.75, 3.05) is 18.0 Å². The van der Waals surface area contributed by atoms with Gasteiger partial charge in [0.2, 0.25) is 0 Å². The minimum absolute atomic E-state index is 0.216. The fourth-order valence-electron chi connectivity index (χ4n) is 2.80. The third-order valence-electron chi connectivity index (χ3n) is 3.86. The number of anilines is 1. The van der Waals surface area contributed by atoms with Crippen molar-refractivity contribution in [1.29, 1.82) is 0 Å². The molecule has 0 N–H and O–H groups in total. The van der Waals surface area contributed by atoms with E-state index < -0.39 is 11.1 Å². The van der Waals surface area contributed by atoms with Gasteiger partial charge in [0.25, 0.3) is 0 Å². The molecule has 0 spiro atoms. The maximum Gasteiger partial charge on any atom is 0.143 e. The molecule has 1 aliphatic rings. The van der Waals surface area contributed by atoms with E-state index in [4.69, 9.17) is 11.6 Å². The monoisotopic (exact) mass is 350 g/mol. The van der Waals surface area contributed by atoms with Crippen LogP contribution in [-0.4, -0.2) is 31.8 Å². The molecule has 0 radical (unpaired) electrons. The summed E-state index contributed by atoms with van der Waals surface area (Å²) in [6, 6.07) is 9.99. The van der Waals surface area contributed by atoms with E-state index in [2.05, 4.69) is 14.9 Å². The van der Waals surface area contributed by atoms with E-state index in [9.17, 15) is 8.76 Å². The Kier molecular flexibility index (Phi) is 5.25. The molecule has 1 aromatic heterocycles. The maximum absolute atomic E-state index is 11.0. The molecular formula is C16H17ClN3O2S-. The van der Waals surface area contributed by atoms with Gasteiger partial charge in [0.15, 0.2) is 0 Å². The van der Waals surface area contributed by atoms with E-state index in [1.54, 1.807) is 0 Å². The summed E-state index contributed by atoms with van der Waals surface area (Å²) in [5, 5.41) is 0.339. The Hall–Kier alpha value is -1.50. The minimum Gasteiger partial charge on any atom is -0.772 e. The lowest BCUT2D eigenvalue weighted by Gasteiger charge is -2.22. The van der Waals surface area contributed by atoms with Crippen LogP contribution in [0.15, 0.2) is 30.3 Å². The van der Waals surface area contributed by atoms with E-state index >= 15 is 0 Å². The molecule has 7 heteroatoms. The van der Waals surface area contributed by atoms with Crippen molar-refractivity contribution in [2.45, 2.75) is 25.0 Å². The van der Waals surface area contributed by atoms with Crippen LogP contribution in [0.5, 0.6) is 0 Å². The van der Waals surface area contributed by atoms with Crippen LogP contribution in [0.2, 0.25) is 5.15 Å². The van der Waals surface area contributed by atoms with Crippen LogP contribution in [-0.2, 0) is 23.3 Å². The van der Waals surface area contributed by atoms with Crippen LogP contribution in [0.4, 0.5) is 5.82 Å². The zero-order valence-electron chi connectivity index (χ0n) is 12.6. The highest BCUT2D eigenvalue weighted by Gasteiger charge is 2.21. The first kappa shape index (κ1) is 16.4. The summed E-state index contributed by atoms with van der Waals surface area (Å²) in [7, 11) is 0. The summed E-state index contributed by atoms with van der Waals surface area (Å²) in [5.74, 6) is 0.806. The Bertz CT molecular complexity index is 706. The molecule has 1 fully saturated rings. The summed E-state index contributed by atoms with van der Waals surface area (Å²) < 4.78 is 21.9. The van der Waals surface area contributed by atoms with Gasteiger partial charge in [0.05, 0.1) is 5.75 Å². The second-order valence-corrected chi connectivity index (χ2v) is 6.79. The predicted octanol–water partition coefficient (Wildman–Crippen LogP) is 2.70. The Morgan fingerprint density at radius 3 is 2.52 bits per heavy atom. The van der Waals surface area contributed by atoms with Crippen molar-refractivity contribution in [3.8, 4) is 0 Å². The second-order valence-electron chi connectivity index (χ2n) is 5.54. The topological polar surface area (TPSA) is 69.2 Å². The lowest BCUT2D eigenvalue weighted by atomic mass is 10.1. The maximum atomic E-state index is 11.0. The Balaban J connectivity index is 2.00. The molecule has 122 valence electrons.